The van der Waals surface area contributed by atoms with E-state index in [4.69, 9.17) is 0 Å². The molecule has 2 aromatic carbocycles. The van der Waals surface area contributed by atoms with Crippen molar-refractivity contribution in [3.05, 3.63) is 59.3 Å². The van der Waals surface area contributed by atoms with E-state index in [0.717, 1.165) is 48.8 Å². The van der Waals surface area contributed by atoms with Crippen LogP contribution in [0.1, 0.15) is 30.1 Å². The molecule has 6 rings (SSSR count). The minimum absolute atomic E-state index is 0.0530. The Morgan fingerprint density at radius 1 is 1.04 bits per heavy atom. The van der Waals surface area contributed by atoms with Crippen molar-refractivity contribution in [3.8, 4) is 0 Å². The second kappa shape index (κ2) is 6.12. The van der Waals surface area contributed by atoms with E-state index in [0.29, 0.717) is 12.0 Å². The Morgan fingerprint density at radius 3 is 2.46 bits per heavy atom. The van der Waals surface area contributed by atoms with E-state index in [2.05, 4.69) is 9.88 Å². The van der Waals surface area contributed by atoms with Gasteiger partial charge in [-0.3, -0.25) is 0 Å². The molecule has 2 aliphatic heterocycles. The zero-order chi connectivity index (χ0) is 19.6. The molecular formula is C21H20F2N2O2S. The van der Waals surface area contributed by atoms with Crippen molar-refractivity contribution >= 4 is 20.7 Å². The maximum atomic E-state index is 13.6. The Balaban J connectivity index is 1.71. The Hall–Kier alpha value is -2.25. The zero-order valence-corrected chi connectivity index (χ0v) is 16.2. The lowest BCUT2D eigenvalue weighted by atomic mass is 9.95. The van der Waals surface area contributed by atoms with Gasteiger partial charge in [-0.25, -0.2) is 17.2 Å². The van der Waals surface area contributed by atoms with Crippen LogP contribution in [0, 0.1) is 17.6 Å². The largest absolute Gasteiger partial charge is 0.347 e. The molecule has 28 heavy (non-hydrogen) atoms. The first-order chi connectivity index (χ1) is 13.3. The lowest BCUT2D eigenvalue weighted by molar-refractivity contribution is 0.332. The van der Waals surface area contributed by atoms with E-state index >= 15 is 0 Å². The molecule has 3 aromatic rings. The number of aryl methyl sites for hydroxylation is 1. The predicted molar refractivity (Wildman–Crippen MR) is 102 cm³/mol. The third-order valence-electron chi connectivity index (χ3n) is 6.14. The number of hydrogen-bond donors (Lipinski definition) is 1. The van der Waals surface area contributed by atoms with Crippen LogP contribution in [0.5, 0.6) is 0 Å². The van der Waals surface area contributed by atoms with Crippen molar-refractivity contribution in [2.75, 3.05) is 6.54 Å². The van der Waals surface area contributed by atoms with Gasteiger partial charge in [0, 0.05) is 35.8 Å². The van der Waals surface area contributed by atoms with Crippen LogP contribution in [-0.2, 0) is 23.3 Å². The first kappa shape index (κ1) is 17.8. The van der Waals surface area contributed by atoms with Crippen molar-refractivity contribution in [1.82, 2.24) is 9.88 Å². The predicted octanol–water partition coefficient (Wildman–Crippen LogP) is 3.89. The van der Waals surface area contributed by atoms with Gasteiger partial charge in [0.2, 0.25) is 9.84 Å². The van der Waals surface area contributed by atoms with Gasteiger partial charge in [-0.2, -0.15) is 0 Å². The van der Waals surface area contributed by atoms with E-state index in [1.807, 2.05) is 7.05 Å². The van der Waals surface area contributed by atoms with Crippen LogP contribution in [0.25, 0.3) is 10.9 Å². The van der Waals surface area contributed by atoms with E-state index in [-0.39, 0.29) is 15.8 Å². The number of fused-ring (bicyclic) bond motifs is 3. The maximum absolute atomic E-state index is 13.6. The Kier molecular flexibility index (Phi) is 3.90. The molecule has 0 radical (unpaired) electrons. The van der Waals surface area contributed by atoms with Gasteiger partial charge in [-0.15, -0.1) is 0 Å². The van der Waals surface area contributed by atoms with Crippen LogP contribution in [0.2, 0.25) is 0 Å². The summed E-state index contributed by atoms with van der Waals surface area (Å²) in [6.45, 7) is 0.974. The average molecular weight is 402 g/mol. The number of halogens is 2. The summed E-state index contributed by atoms with van der Waals surface area (Å²) >= 11 is 0. The second-order valence-electron chi connectivity index (χ2n) is 7.82. The number of nitrogens with one attached hydrogen (secondary N) is 1. The molecule has 0 amide bonds. The normalized spacial score (nSPS) is 21.7. The monoisotopic (exact) mass is 402 g/mol. The highest BCUT2D eigenvalue weighted by Crippen LogP contribution is 2.41. The van der Waals surface area contributed by atoms with Gasteiger partial charge >= 0.3 is 0 Å². The van der Waals surface area contributed by atoms with Crippen LogP contribution in [0.15, 0.2) is 46.2 Å². The molecule has 2 atom stereocenters. The number of piperidine rings is 1. The van der Waals surface area contributed by atoms with Crippen molar-refractivity contribution in [3.63, 3.8) is 0 Å². The van der Waals surface area contributed by atoms with Crippen molar-refractivity contribution in [2.24, 2.45) is 13.0 Å². The molecule has 1 fully saturated rings. The zero-order valence-electron chi connectivity index (χ0n) is 15.4. The summed E-state index contributed by atoms with van der Waals surface area (Å²) < 4.78 is 55.4. The van der Waals surface area contributed by atoms with Crippen molar-refractivity contribution in [2.45, 2.75) is 35.1 Å². The Morgan fingerprint density at radius 2 is 1.79 bits per heavy atom. The smallest absolute Gasteiger partial charge is 0.206 e. The molecule has 0 spiro atoms. The standard InChI is InChI=1S/C21H20F2N2O2S/c1-25-19-5-3-15(28(26,27)16-8-13(22)7-14(23)9-16)10-17(19)21-18-4-2-12(11-24-18)6-20(21)25/h3,5,7-10,12,18,24H,2,4,6,11H2,1H3. The number of nitrogens with zero attached hydrogens (tertiary/aromatic N) is 1. The van der Waals surface area contributed by atoms with Crippen LogP contribution in [-0.4, -0.2) is 19.5 Å². The second-order valence-corrected chi connectivity index (χ2v) is 9.76. The van der Waals surface area contributed by atoms with Gasteiger partial charge < -0.3 is 9.88 Å². The van der Waals surface area contributed by atoms with Gasteiger partial charge in [-0.1, -0.05) is 0 Å². The van der Waals surface area contributed by atoms with Gasteiger partial charge in [-0.05, 0) is 67.6 Å². The summed E-state index contributed by atoms with van der Waals surface area (Å²) in [6.07, 6.45) is 3.17. The topological polar surface area (TPSA) is 51.1 Å². The summed E-state index contributed by atoms with van der Waals surface area (Å²) in [4.78, 5) is -0.317. The first-order valence-electron chi connectivity index (χ1n) is 9.40. The van der Waals surface area contributed by atoms with Crippen LogP contribution in [0.4, 0.5) is 8.78 Å². The molecule has 1 aliphatic carbocycles. The molecule has 7 heteroatoms. The Bertz CT molecular complexity index is 1190. The van der Waals surface area contributed by atoms with E-state index in [1.165, 1.54) is 17.3 Å². The summed E-state index contributed by atoms with van der Waals surface area (Å²) in [5.41, 5.74) is 3.39. The molecule has 146 valence electrons. The highest BCUT2D eigenvalue weighted by Gasteiger charge is 2.33. The summed E-state index contributed by atoms with van der Waals surface area (Å²) in [5.74, 6) is -1.22. The van der Waals surface area contributed by atoms with Crippen molar-refractivity contribution < 1.29 is 17.2 Å². The molecule has 2 bridgehead atoms. The molecule has 0 saturated carbocycles. The molecule has 1 N–H and O–H groups in total. The average Bonchev–Trinajstić information content (AvgIpc) is 2.81. The maximum Gasteiger partial charge on any atom is 0.206 e. The molecule has 4 nitrogen and oxygen atoms in total. The highest BCUT2D eigenvalue weighted by atomic mass is 32.2. The number of benzene rings is 2. The minimum atomic E-state index is -4.03. The third-order valence-corrected chi connectivity index (χ3v) is 7.87. The number of aromatic nitrogens is 1. The van der Waals surface area contributed by atoms with E-state index in [9.17, 15) is 17.2 Å². The summed E-state index contributed by atoms with van der Waals surface area (Å²) in [6, 6.07) is 7.57. The number of hydrogen-bond acceptors (Lipinski definition) is 3. The fourth-order valence-corrected chi connectivity index (χ4v) is 6.06. The van der Waals surface area contributed by atoms with Crippen LogP contribution < -0.4 is 5.32 Å². The van der Waals surface area contributed by atoms with Gasteiger partial charge in [0.1, 0.15) is 11.6 Å². The number of sulfone groups is 1. The summed E-state index contributed by atoms with van der Waals surface area (Å²) in [7, 11) is -2.01. The molecular weight excluding hydrogens is 382 g/mol. The molecule has 1 saturated heterocycles. The molecule has 3 heterocycles. The lowest BCUT2D eigenvalue weighted by Gasteiger charge is -2.25. The highest BCUT2D eigenvalue weighted by molar-refractivity contribution is 7.91. The van der Waals surface area contributed by atoms with E-state index < -0.39 is 21.5 Å². The van der Waals surface area contributed by atoms with Gasteiger partial charge in [0.15, 0.2) is 0 Å². The number of rotatable bonds is 2. The summed E-state index contributed by atoms with van der Waals surface area (Å²) in [5, 5.41) is 4.48. The molecule has 1 aromatic heterocycles. The van der Waals surface area contributed by atoms with Crippen LogP contribution in [0.3, 0.4) is 0 Å². The van der Waals surface area contributed by atoms with E-state index in [1.54, 1.807) is 12.1 Å². The van der Waals surface area contributed by atoms with Crippen LogP contribution >= 0.6 is 0 Å². The molecule has 2 unspecified atom stereocenters. The Labute approximate surface area is 162 Å². The lowest BCUT2D eigenvalue weighted by Crippen LogP contribution is -2.30. The van der Waals surface area contributed by atoms with Gasteiger partial charge in [0.05, 0.1) is 9.79 Å². The third kappa shape index (κ3) is 2.60. The SMILES string of the molecule is Cn1c2c(c3cc(S(=O)(=O)c4cc(F)cc(F)c4)ccc31)C1CCC(CN1)C2. The fraction of sp³-hybridized carbons (Fsp3) is 0.333. The van der Waals surface area contributed by atoms with Gasteiger partial charge in [0.25, 0.3) is 0 Å². The van der Waals surface area contributed by atoms with Crippen molar-refractivity contribution in [1.29, 1.82) is 0 Å². The quantitative estimate of drug-likeness (QED) is 0.708. The fourth-order valence-electron chi connectivity index (χ4n) is 4.74. The first-order valence-corrected chi connectivity index (χ1v) is 10.9. The minimum Gasteiger partial charge on any atom is -0.347 e. The molecule has 3 aliphatic rings.